The van der Waals surface area contributed by atoms with Crippen LogP contribution in [-0.4, -0.2) is 37.6 Å². The lowest BCUT2D eigenvalue weighted by Crippen LogP contribution is -2.28. The summed E-state index contributed by atoms with van der Waals surface area (Å²) in [7, 11) is -1.27. The molecule has 7 nitrogen and oxygen atoms in total. The van der Waals surface area contributed by atoms with Crippen LogP contribution in [0.1, 0.15) is 17.7 Å². The molecule has 4 N–H and O–H groups in total. The van der Waals surface area contributed by atoms with Crippen molar-refractivity contribution in [1.82, 2.24) is 19.6 Å². The van der Waals surface area contributed by atoms with Gasteiger partial charge in [-0.2, -0.15) is 0 Å². The second kappa shape index (κ2) is 11.7. The van der Waals surface area contributed by atoms with E-state index in [2.05, 4.69) is 33.2 Å². The van der Waals surface area contributed by atoms with Crippen molar-refractivity contribution in [3.8, 4) is 0 Å². The number of thiol groups is 1. The van der Waals surface area contributed by atoms with Crippen LogP contribution >= 0.6 is 24.2 Å². The highest BCUT2D eigenvalue weighted by molar-refractivity contribution is 7.83. The molecule has 0 saturated carbocycles. The molecule has 2 aromatic carbocycles. The third-order valence-corrected chi connectivity index (χ3v) is 7.25. The largest absolute Gasteiger partial charge is 0.396 e. The maximum atomic E-state index is 13.4. The first-order chi connectivity index (χ1) is 16.9. The fourth-order valence-electron chi connectivity index (χ4n) is 3.63. The molecule has 0 amide bonds. The first-order valence-corrected chi connectivity index (χ1v) is 12.8. The molecule has 1 fully saturated rings. The van der Waals surface area contributed by atoms with E-state index in [1.165, 1.54) is 17.5 Å². The highest BCUT2D eigenvalue weighted by Gasteiger charge is 2.27. The summed E-state index contributed by atoms with van der Waals surface area (Å²) in [5.74, 6) is 0.0788. The van der Waals surface area contributed by atoms with E-state index >= 15 is 0 Å². The molecule has 0 bridgehead atoms. The number of aromatic nitrogens is 2. The van der Waals surface area contributed by atoms with E-state index in [-0.39, 0.29) is 11.9 Å². The zero-order chi connectivity index (χ0) is 24.8. The lowest BCUT2D eigenvalue weighted by atomic mass is 10.1. The summed E-state index contributed by atoms with van der Waals surface area (Å²) in [5.41, 5.74) is 8.52. The van der Waals surface area contributed by atoms with Crippen LogP contribution in [-0.2, 0) is 11.0 Å². The number of rotatable bonds is 8. The Kier molecular flexibility index (Phi) is 8.40. The highest BCUT2D eigenvalue weighted by Crippen LogP contribution is 2.23. The summed E-state index contributed by atoms with van der Waals surface area (Å²) in [6.07, 6.45) is 4.03. The minimum atomic E-state index is -1.27. The van der Waals surface area contributed by atoms with Gasteiger partial charge in [0.05, 0.1) is 22.0 Å². The summed E-state index contributed by atoms with van der Waals surface area (Å²) in [5, 5.41) is 8.56. The van der Waals surface area contributed by atoms with Gasteiger partial charge in [-0.25, -0.2) is 22.9 Å². The molecule has 1 aromatic heterocycles. The van der Waals surface area contributed by atoms with Gasteiger partial charge in [0.25, 0.3) is 0 Å². The van der Waals surface area contributed by atoms with Crippen molar-refractivity contribution in [2.45, 2.75) is 17.4 Å². The van der Waals surface area contributed by atoms with Crippen LogP contribution in [0, 0.1) is 5.82 Å². The smallest absolute Gasteiger partial charge is 0.223 e. The predicted molar refractivity (Wildman–Crippen MR) is 142 cm³/mol. The fraction of sp³-hybridized carbons (Fsp3) is 0.167. The summed E-state index contributed by atoms with van der Waals surface area (Å²) in [6.45, 7) is 1.24. The van der Waals surface area contributed by atoms with Gasteiger partial charge in [-0.05, 0) is 72.0 Å². The molecule has 2 atom stereocenters. The molecular formula is C24H24ClFN6OS2. The van der Waals surface area contributed by atoms with Gasteiger partial charge < -0.3 is 16.4 Å². The van der Waals surface area contributed by atoms with Gasteiger partial charge in [-0.3, -0.25) is 0 Å². The number of halogens is 2. The average molecular weight is 531 g/mol. The van der Waals surface area contributed by atoms with Crippen molar-refractivity contribution in [3.05, 3.63) is 94.5 Å². The third kappa shape index (κ3) is 6.40. The van der Waals surface area contributed by atoms with Crippen LogP contribution in [0.4, 0.5) is 10.3 Å². The number of hydrogen-bond acceptors (Lipinski definition) is 7. The molecule has 4 rings (SSSR count). The van der Waals surface area contributed by atoms with Gasteiger partial charge in [-0.1, -0.05) is 11.6 Å². The Morgan fingerprint density at radius 2 is 1.94 bits per heavy atom. The van der Waals surface area contributed by atoms with Crippen molar-refractivity contribution in [3.63, 3.8) is 0 Å². The Morgan fingerprint density at radius 1 is 1.20 bits per heavy atom. The number of nitrogens with zero attached hydrogens (tertiary/aromatic N) is 3. The van der Waals surface area contributed by atoms with Crippen LogP contribution in [0.25, 0.3) is 11.4 Å². The van der Waals surface area contributed by atoms with Crippen molar-refractivity contribution >= 4 is 52.6 Å². The maximum Gasteiger partial charge on any atom is 0.223 e. The Labute approximate surface area is 216 Å². The van der Waals surface area contributed by atoms with Gasteiger partial charge >= 0.3 is 0 Å². The van der Waals surface area contributed by atoms with Gasteiger partial charge in [-0.15, -0.1) is 12.6 Å². The number of hydrogen-bond donors (Lipinski definition) is 4. The molecule has 3 aromatic rings. The van der Waals surface area contributed by atoms with Crippen LogP contribution < -0.4 is 16.4 Å². The summed E-state index contributed by atoms with van der Waals surface area (Å²) in [4.78, 5) is 9.68. The SMILES string of the molecule is N/C(=C(\N/C=C\S)c1ccnc(NC2CCN(S(=O)c3ccc(Cl)cc3)C2)n1)c1ccc(F)cc1. The Morgan fingerprint density at radius 3 is 2.66 bits per heavy atom. The molecule has 1 aliphatic heterocycles. The maximum absolute atomic E-state index is 13.4. The molecule has 2 heterocycles. The van der Waals surface area contributed by atoms with E-state index in [1.54, 1.807) is 54.9 Å². The van der Waals surface area contributed by atoms with Gasteiger partial charge in [0, 0.05) is 36.6 Å². The number of benzene rings is 2. The monoisotopic (exact) mass is 530 g/mol. The molecule has 0 spiro atoms. The normalized spacial score (nSPS) is 17.9. The Hall–Kier alpha value is -2.92. The molecule has 0 radical (unpaired) electrons. The molecular weight excluding hydrogens is 507 g/mol. The highest BCUT2D eigenvalue weighted by atomic mass is 35.5. The van der Waals surface area contributed by atoms with Crippen LogP contribution in [0.5, 0.6) is 0 Å². The van der Waals surface area contributed by atoms with Gasteiger partial charge in [0.2, 0.25) is 5.95 Å². The van der Waals surface area contributed by atoms with E-state index in [1.807, 2.05) is 4.31 Å². The summed E-state index contributed by atoms with van der Waals surface area (Å²) in [6, 6.07) is 14.7. The van der Waals surface area contributed by atoms with Gasteiger partial charge in [0.1, 0.15) is 16.8 Å². The molecule has 11 heteroatoms. The first-order valence-electron chi connectivity index (χ1n) is 10.8. The molecule has 1 saturated heterocycles. The fourth-order valence-corrected chi connectivity index (χ4v) is 5.08. The standard InChI is InChI=1S/C24H24ClFN6OS2/c25-17-3-7-20(8-4-17)35(33)32-13-10-19(15-32)30-24-29-11-9-21(31-24)23(28-12-14-34)22(27)16-1-5-18(26)6-2-16/h1-9,11-12,14,19,28,34H,10,13,15,27H2,(H,29,30,31)/b14-12-,23-22-. The van der Waals surface area contributed by atoms with Crippen molar-refractivity contribution < 1.29 is 8.60 Å². The van der Waals surface area contributed by atoms with Crippen molar-refractivity contribution in [1.29, 1.82) is 0 Å². The van der Waals surface area contributed by atoms with E-state index in [9.17, 15) is 8.60 Å². The van der Waals surface area contributed by atoms with E-state index < -0.39 is 11.0 Å². The van der Waals surface area contributed by atoms with Crippen molar-refractivity contribution in [2.24, 2.45) is 5.73 Å². The molecule has 182 valence electrons. The summed E-state index contributed by atoms with van der Waals surface area (Å²) < 4.78 is 28.2. The summed E-state index contributed by atoms with van der Waals surface area (Å²) >= 11 is 10.0. The number of anilines is 1. The van der Waals surface area contributed by atoms with Crippen LogP contribution in [0.2, 0.25) is 5.02 Å². The van der Waals surface area contributed by atoms with Gasteiger partial charge in [0.15, 0.2) is 0 Å². The molecule has 0 aliphatic carbocycles. The second-order valence-corrected chi connectivity index (χ2v) is 9.96. The topological polar surface area (TPSA) is 96.2 Å². The molecule has 35 heavy (non-hydrogen) atoms. The molecule has 1 aliphatic rings. The zero-order valence-corrected chi connectivity index (χ0v) is 21.0. The lowest BCUT2D eigenvalue weighted by Gasteiger charge is -2.17. The van der Waals surface area contributed by atoms with E-state index in [4.69, 9.17) is 17.3 Å². The average Bonchev–Trinajstić information content (AvgIpc) is 3.33. The first kappa shape index (κ1) is 25.2. The zero-order valence-electron chi connectivity index (χ0n) is 18.6. The second-order valence-electron chi connectivity index (χ2n) is 7.74. The minimum absolute atomic E-state index is 0.0219. The van der Waals surface area contributed by atoms with Crippen molar-refractivity contribution in [2.75, 3.05) is 18.4 Å². The Balaban J connectivity index is 1.50. The third-order valence-electron chi connectivity index (χ3n) is 5.37. The van der Waals surface area contributed by atoms with E-state index in [0.717, 1.165) is 6.42 Å². The Bertz CT molecular complexity index is 1250. The van der Waals surface area contributed by atoms with Crippen LogP contribution in [0.3, 0.4) is 0 Å². The molecule has 2 unspecified atom stereocenters. The minimum Gasteiger partial charge on any atom is -0.396 e. The predicted octanol–water partition coefficient (Wildman–Crippen LogP) is 4.25. The number of nitrogens with one attached hydrogen (secondary N) is 2. The quantitative estimate of drug-likeness (QED) is 0.325. The van der Waals surface area contributed by atoms with Crippen LogP contribution in [0.15, 0.2) is 77.3 Å². The number of nitrogens with two attached hydrogens (primary N) is 1. The lowest BCUT2D eigenvalue weighted by molar-refractivity contribution is 0.530. The van der Waals surface area contributed by atoms with E-state index in [0.29, 0.717) is 51.6 Å².